The average molecular weight is 354 g/mol. The Labute approximate surface area is 154 Å². The van der Waals surface area contributed by atoms with Crippen molar-refractivity contribution in [3.63, 3.8) is 0 Å². The Kier molecular flexibility index (Phi) is 8.50. The van der Waals surface area contributed by atoms with Gasteiger partial charge in [-0.25, -0.2) is 0 Å². The van der Waals surface area contributed by atoms with Crippen molar-refractivity contribution in [1.29, 1.82) is 0 Å². The van der Waals surface area contributed by atoms with E-state index in [1.165, 1.54) is 51.4 Å². The van der Waals surface area contributed by atoms with Crippen LogP contribution in [0.5, 0.6) is 0 Å². The van der Waals surface area contributed by atoms with Gasteiger partial charge >= 0.3 is 0 Å². The Morgan fingerprint density at radius 1 is 0.800 bits per heavy atom. The van der Waals surface area contributed by atoms with Gasteiger partial charge in [0.05, 0.1) is 0 Å². The molecule has 0 amide bonds. The number of nitrogens with one attached hydrogen (secondary N) is 2. The molecule has 2 aliphatic rings. The molecule has 0 aliphatic heterocycles. The Morgan fingerprint density at radius 2 is 1.20 bits per heavy atom. The van der Waals surface area contributed by atoms with Crippen LogP contribution in [-0.4, -0.2) is 53.5 Å². The van der Waals surface area contributed by atoms with Crippen LogP contribution >= 0.6 is 0 Å². The summed E-state index contributed by atoms with van der Waals surface area (Å²) in [6.07, 6.45) is 12.9. The second-order valence-corrected chi connectivity index (χ2v) is 8.18. The SMILES string of the molecule is CN=C(NCC1(CCOC)CCCC1)NCC1(CCOC)CCCC1. The van der Waals surface area contributed by atoms with Crippen molar-refractivity contribution in [2.45, 2.75) is 64.2 Å². The first-order valence-electron chi connectivity index (χ1n) is 10.1. The van der Waals surface area contributed by atoms with Gasteiger partial charge in [0.15, 0.2) is 5.96 Å². The van der Waals surface area contributed by atoms with Gasteiger partial charge in [0.25, 0.3) is 0 Å². The summed E-state index contributed by atoms with van der Waals surface area (Å²) in [5.74, 6) is 0.951. The van der Waals surface area contributed by atoms with Crippen LogP contribution in [0.1, 0.15) is 64.2 Å². The number of hydrogen-bond donors (Lipinski definition) is 2. The maximum absolute atomic E-state index is 5.34. The second kappa shape index (κ2) is 10.4. The molecule has 2 aliphatic carbocycles. The summed E-state index contributed by atoms with van der Waals surface area (Å²) < 4.78 is 10.7. The normalized spacial score (nSPS) is 21.2. The van der Waals surface area contributed by atoms with E-state index in [4.69, 9.17) is 9.47 Å². The van der Waals surface area contributed by atoms with Crippen LogP contribution in [0.15, 0.2) is 4.99 Å². The third kappa shape index (κ3) is 6.14. The van der Waals surface area contributed by atoms with Crippen molar-refractivity contribution >= 4 is 5.96 Å². The molecule has 0 aromatic carbocycles. The standard InChI is InChI=1S/C20H39N3O2/c1-21-18(22-16-19(12-14-24-2)8-4-5-9-19)23-17-20(13-15-25-3)10-6-7-11-20/h4-17H2,1-3H3,(H2,21,22,23). The highest BCUT2D eigenvalue weighted by Gasteiger charge is 2.35. The lowest BCUT2D eigenvalue weighted by molar-refractivity contribution is 0.136. The summed E-state index contributed by atoms with van der Waals surface area (Å²) in [7, 11) is 5.48. The molecule has 2 fully saturated rings. The van der Waals surface area contributed by atoms with Crippen LogP contribution in [0.4, 0.5) is 0 Å². The fraction of sp³-hybridized carbons (Fsp3) is 0.950. The number of guanidine groups is 1. The first-order valence-corrected chi connectivity index (χ1v) is 10.1. The third-order valence-corrected chi connectivity index (χ3v) is 6.49. The number of ether oxygens (including phenoxy) is 2. The van der Waals surface area contributed by atoms with Gasteiger partial charge in [-0.1, -0.05) is 25.7 Å². The molecule has 0 unspecified atom stereocenters. The molecule has 2 N–H and O–H groups in total. The Bertz CT molecular complexity index is 366. The zero-order chi connectivity index (χ0) is 18.0. The Hall–Kier alpha value is -0.810. The third-order valence-electron chi connectivity index (χ3n) is 6.49. The summed E-state index contributed by atoms with van der Waals surface area (Å²) in [6.45, 7) is 3.71. The van der Waals surface area contributed by atoms with Crippen LogP contribution in [-0.2, 0) is 9.47 Å². The van der Waals surface area contributed by atoms with Crippen molar-refractivity contribution in [3.05, 3.63) is 0 Å². The first kappa shape index (κ1) is 20.5. The largest absolute Gasteiger partial charge is 0.385 e. The van der Waals surface area contributed by atoms with E-state index >= 15 is 0 Å². The lowest BCUT2D eigenvalue weighted by Gasteiger charge is -2.32. The second-order valence-electron chi connectivity index (χ2n) is 8.18. The van der Waals surface area contributed by atoms with Crippen molar-refractivity contribution < 1.29 is 9.47 Å². The fourth-order valence-corrected chi connectivity index (χ4v) is 4.68. The smallest absolute Gasteiger partial charge is 0.191 e. The van der Waals surface area contributed by atoms with Gasteiger partial charge in [0.1, 0.15) is 0 Å². The maximum atomic E-state index is 5.34. The molecule has 0 aromatic heterocycles. The van der Waals surface area contributed by atoms with E-state index in [9.17, 15) is 0 Å². The molecule has 0 heterocycles. The molecule has 25 heavy (non-hydrogen) atoms. The van der Waals surface area contributed by atoms with Crippen molar-refractivity contribution in [2.75, 3.05) is 47.6 Å². The maximum Gasteiger partial charge on any atom is 0.191 e. The van der Waals surface area contributed by atoms with Gasteiger partial charge in [-0.15, -0.1) is 0 Å². The van der Waals surface area contributed by atoms with E-state index < -0.39 is 0 Å². The van der Waals surface area contributed by atoms with Crippen molar-refractivity contribution in [2.24, 2.45) is 15.8 Å². The Morgan fingerprint density at radius 3 is 1.52 bits per heavy atom. The average Bonchev–Trinajstić information content (AvgIpc) is 3.29. The van der Waals surface area contributed by atoms with E-state index in [2.05, 4.69) is 15.6 Å². The van der Waals surface area contributed by atoms with E-state index in [1.54, 1.807) is 14.2 Å². The fourth-order valence-electron chi connectivity index (χ4n) is 4.68. The predicted molar refractivity (Wildman–Crippen MR) is 104 cm³/mol. The van der Waals surface area contributed by atoms with Gasteiger partial charge in [-0.2, -0.15) is 0 Å². The predicted octanol–water partition coefficient (Wildman–Crippen LogP) is 3.35. The minimum absolute atomic E-state index is 0.384. The van der Waals surface area contributed by atoms with Crippen molar-refractivity contribution in [1.82, 2.24) is 10.6 Å². The first-order chi connectivity index (χ1) is 12.2. The molecule has 0 saturated heterocycles. The highest BCUT2D eigenvalue weighted by molar-refractivity contribution is 5.79. The van der Waals surface area contributed by atoms with Crippen molar-refractivity contribution in [3.8, 4) is 0 Å². The quantitative estimate of drug-likeness (QED) is 0.467. The highest BCUT2D eigenvalue weighted by Crippen LogP contribution is 2.41. The lowest BCUT2D eigenvalue weighted by atomic mass is 9.82. The van der Waals surface area contributed by atoms with Crippen LogP contribution in [0.2, 0.25) is 0 Å². The minimum atomic E-state index is 0.384. The van der Waals surface area contributed by atoms with Crippen LogP contribution < -0.4 is 10.6 Å². The van der Waals surface area contributed by atoms with E-state index in [1.807, 2.05) is 7.05 Å². The zero-order valence-electron chi connectivity index (χ0n) is 16.7. The molecular formula is C20H39N3O2. The van der Waals surface area contributed by atoms with Crippen LogP contribution in [0, 0.1) is 10.8 Å². The van der Waals surface area contributed by atoms with Crippen LogP contribution in [0.3, 0.4) is 0 Å². The van der Waals surface area contributed by atoms with E-state index in [-0.39, 0.29) is 0 Å². The number of nitrogens with zero attached hydrogens (tertiary/aromatic N) is 1. The summed E-state index contributed by atoms with van der Waals surface area (Å²) in [5.41, 5.74) is 0.767. The van der Waals surface area contributed by atoms with Gasteiger partial charge in [-0.3, -0.25) is 4.99 Å². The van der Waals surface area contributed by atoms with Crippen LogP contribution in [0.25, 0.3) is 0 Å². The summed E-state index contributed by atoms with van der Waals surface area (Å²) in [6, 6.07) is 0. The van der Waals surface area contributed by atoms with E-state index in [0.29, 0.717) is 10.8 Å². The lowest BCUT2D eigenvalue weighted by Crippen LogP contribution is -2.46. The van der Waals surface area contributed by atoms with Gasteiger partial charge in [-0.05, 0) is 49.4 Å². The van der Waals surface area contributed by atoms with Gasteiger partial charge in [0.2, 0.25) is 0 Å². The van der Waals surface area contributed by atoms with Gasteiger partial charge < -0.3 is 20.1 Å². The molecule has 2 saturated carbocycles. The molecule has 0 radical (unpaired) electrons. The number of rotatable bonds is 10. The molecule has 5 heteroatoms. The van der Waals surface area contributed by atoms with E-state index in [0.717, 1.165) is 45.1 Å². The zero-order valence-corrected chi connectivity index (χ0v) is 16.7. The monoisotopic (exact) mass is 353 g/mol. The number of hydrogen-bond acceptors (Lipinski definition) is 3. The molecule has 2 rings (SSSR count). The molecule has 5 nitrogen and oxygen atoms in total. The number of methoxy groups -OCH3 is 2. The molecular weight excluding hydrogens is 314 g/mol. The van der Waals surface area contributed by atoms with Gasteiger partial charge in [0, 0.05) is 47.6 Å². The summed E-state index contributed by atoms with van der Waals surface area (Å²) >= 11 is 0. The Balaban J connectivity index is 1.83. The summed E-state index contributed by atoms with van der Waals surface area (Å²) in [5, 5.41) is 7.22. The minimum Gasteiger partial charge on any atom is -0.385 e. The molecule has 0 atom stereocenters. The topological polar surface area (TPSA) is 54.9 Å². The summed E-state index contributed by atoms with van der Waals surface area (Å²) in [4.78, 5) is 4.46. The highest BCUT2D eigenvalue weighted by atomic mass is 16.5. The molecule has 0 aromatic rings. The molecule has 146 valence electrons. The molecule has 0 bridgehead atoms. The molecule has 0 spiro atoms. The number of aliphatic imine (C=N–C) groups is 1.